The lowest BCUT2D eigenvalue weighted by atomic mass is 10.2. The Morgan fingerprint density at radius 1 is 1.45 bits per heavy atom. The van der Waals surface area contributed by atoms with Crippen LogP contribution in [-0.4, -0.2) is 26.3 Å². The fourth-order valence-corrected chi connectivity index (χ4v) is 1.45. The third kappa shape index (κ3) is 3.39. The monoisotopic (exact) mass is 268 g/mol. The SMILES string of the molecule is N#C/C(=N\Nc1ccc(Cn2cncn2)cc1)C(=N)N. The Hall–Kier alpha value is -3.21. The van der Waals surface area contributed by atoms with Crippen LogP contribution in [0, 0.1) is 16.7 Å². The first-order valence-corrected chi connectivity index (χ1v) is 5.68. The topological polar surface area (TPSA) is 129 Å². The van der Waals surface area contributed by atoms with Crippen LogP contribution in [0.25, 0.3) is 0 Å². The molecule has 1 aromatic heterocycles. The van der Waals surface area contributed by atoms with Crippen molar-refractivity contribution < 1.29 is 0 Å². The highest BCUT2D eigenvalue weighted by Gasteiger charge is 2.01. The molecule has 0 saturated carbocycles. The lowest BCUT2D eigenvalue weighted by Crippen LogP contribution is -2.21. The number of nitrogens with zero attached hydrogens (tertiary/aromatic N) is 5. The number of nitrogens with one attached hydrogen (secondary N) is 2. The lowest BCUT2D eigenvalue weighted by Gasteiger charge is -2.04. The van der Waals surface area contributed by atoms with Gasteiger partial charge in [0.15, 0.2) is 5.84 Å². The smallest absolute Gasteiger partial charge is 0.201 e. The van der Waals surface area contributed by atoms with E-state index in [1.54, 1.807) is 17.1 Å². The maximum Gasteiger partial charge on any atom is 0.201 e. The van der Waals surface area contributed by atoms with E-state index in [0.29, 0.717) is 12.2 Å². The summed E-state index contributed by atoms with van der Waals surface area (Å²) in [6.07, 6.45) is 3.12. The van der Waals surface area contributed by atoms with Gasteiger partial charge < -0.3 is 5.73 Å². The maximum absolute atomic E-state index is 8.71. The number of hydrogen-bond acceptors (Lipinski definition) is 6. The Kier molecular flexibility index (Phi) is 4.04. The minimum Gasteiger partial charge on any atom is -0.382 e. The lowest BCUT2D eigenvalue weighted by molar-refractivity contribution is 0.685. The molecule has 2 rings (SSSR count). The van der Waals surface area contributed by atoms with Gasteiger partial charge in [0.25, 0.3) is 0 Å². The Bertz CT molecular complexity index is 648. The number of hydrazone groups is 1. The molecule has 1 heterocycles. The zero-order valence-corrected chi connectivity index (χ0v) is 10.5. The molecule has 2 aromatic rings. The van der Waals surface area contributed by atoms with Gasteiger partial charge in [-0.25, -0.2) is 9.67 Å². The van der Waals surface area contributed by atoms with E-state index in [9.17, 15) is 0 Å². The van der Waals surface area contributed by atoms with E-state index in [2.05, 4.69) is 20.6 Å². The number of rotatable bonds is 5. The van der Waals surface area contributed by atoms with Crippen molar-refractivity contribution in [2.75, 3.05) is 5.43 Å². The molecule has 8 heteroatoms. The maximum atomic E-state index is 8.71. The molecule has 0 unspecified atom stereocenters. The van der Waals surface area contributed by atoms with Crippen LogP contribution < -0.4 is 11.2 Å². The first-order chi connectivity index (χ1) is 9.69. The molecule has 0 aliphatic heterocycles. The molecular formula is C12H12N8. The van der Waals surface area contributed by atoms with Crippen molar-refractivity contribution in [3.05, 3.63) is 42.5 Å². The van der Waals surface area contributed by atoms with E-state index in [1.165, 1.54) is 6.33 Å². The van der Waals surface area contributed by atoms with Crippen LogP contribution in [0.3, 0.4) is 0 Å². The third-order valence-electron chi connectivity index (χ3n) is 2.42. The predicted molar refractivity (Wildman–Crippen MR) is 74.2 cm³/mol. The zero-order chi connectivity index (χ0) is 14.4. The van der Waals surface area contributed by atoms with Gasteiger partial charge in [-0.3, -0.25) is 10.8 Å². The molecule has 0 atom stereocenters. The van der Waals surface area contributed by atoms with Gasteiger partial charge in [0, 0.05) is 0 Å². The first kappa shape index (κ1) is 13.2. The fraction of sp³-hybridized carbons (Fsp3) is 0.0833. The van der Waals surface area contributed by atoms with Crippen LogP contribution in [0.1, 0.15) is 5.56 Å². The van der Waals surface area contributed by atoms with Gasteiger partial charge in [-0.05, 0) is 17.7 Å². The van der Waals surface area contributed by atoms with Gasteiger partial charge in [0.05, 0.1) is 12.2 Å². The zero-order valence-electron chi connectivity index (χ0n) is 10.5. The number of hydrogen-bond donors (Lipinski definition) is 3. The molecular weight excluding hydrogens is 256 g/mol. The highest BCUT2D eigenvalue weighted by Crippen LogP contribution is 2.10. The van der Waals surface area contributed by atoms with Gasteiger partial charge in [-0.1, -0.05) is 12.1 Å². The summed E-state index contributed by atoms with van der Waals surface area (Å²) in [6, 6.07) is 9.16. The number of amidine groups is 1. The van der Waals surface area contributed by atoms with Gasteiger partial charge >= 0.3 is 0 Å². The average Bonchev–Trinajstić information content (AvgIpc) is 2.94. The highest BCUT2D eigenvalue weighted by atomic mass is 15.3. The van der Waals surface area contributed by atoms with Crippen molar-refractivity contribution >= 4 is 17.2 Å². The summed E-state index contributed by atoms with van der Waals surface area (Å²) in [5.74, 6) is -0.372. The van der Waals surface area contributed by atoms with Crippen LogP contribution in [0.4, 0.5) is 5.69 Å². The molecule has 0 bridgehead atoms. The number of anilines is 1. The standard InChI is InChI=1S/C12H12N8/c13-5-11(12(14)15)19-18-10-3-1-9(2-4-10)6-20-8-16-7-17-20/h1-4,7-8,18H,6H2,(H3,14,15)/b19-11+. The van der Waals surface area contributed by atoms with Crippen LogP contribution >= 0.6 is 0 Å². The molecule has 0 aliphatic rings. The summed E-state index contributed by atoms with van der Waals surface area (Å²) in [4.78, 5) is 3.87. The van der Waals surface area contributed by atoms with Gasteiger partial charge in [0.2, 0.25) is 5.71 Å². The van der Waals surface area contributed by atoms with Crippen LogP contribution in [0.5, 0.6) is 0 Å². The molecule has 0 saturated heterocycles. The number of nitrogens with two attached hydrogens (primary N) is 1. The van der Waals surface area contributed by atoms with Gasteiger partial charge in [-0.2, -0.15) is 15.5 Å². The average molecular weight is 268 g/mol. The molecule has 4 N–H and O–H groups in total. The van der Waals surface area contributed by atoms with Crippen molar-refractivity contribution in [1.29, 1.82) is 10.7 Å². The minimum atomic E-state index is -0.372. The van der Waals surface area contributed by atoms with E-state index in [1.807, 2.05) is 24.3 Å². The predicted octanol–water partition coefficient (Wildman–Crippen LogP) is 0.554. The molecule has 0 fully saturated rings. The summed E-state index contributed by atoms with van der Waals surface area (Å²) < 4.78 is 1.71. The molecule has 8 nitrogen and oxygen atoms in total. The molecule has 0 amide bonds. The summed E-state index contributed by atoms with van der Waals surface area (Å²) in [5.41, 5.74) is 9.45. The second-order valence-corrected chi connectivity index (χ2v) is 3.89. The van der Waals surface area contributed by atoms with E-state index < -0.39 is 0 Å². The molecule has 1 aromatic carbocycles. The Morgan fingerprint density at radius 3 is 2.75 bits per heavy atom. The van der Waals surface area contributed by atoms with Crippen molar-refractivity contribution in [2.45, 2.75) is 6.54 Å². The number of nitriles is 1. The van der Waals surface area contributed by atoms with Crippen LogP contribution in [0.15, 0.2) is 42.0 Å². The van der Waals surface area contributed by atoms with Crippen molar-refractivity contribution in [2.24, 2.45) is 10.8 Å². The van der Waals surface area contributed by atoms with E-state index in [0.717, 1.165) is 5.56 Å². The van der Waals surface area contributed by atoms with Crippen molar-refractivity contribution in [3.63, 3.8) is 0 Å². The quantitative estimate of drug-likeness (QED) is 0.414. The van der Waals surface area contributed by atoms with E-state index in [4.69, 9.17) is 16.4 Å². The summed E-state index contributed by atoms with van der Waals surface area (Å²) in [6.45, 7) is 0.625. The second kappa shape index (κ2) is 6.10. The largest absolute Gasteiger partial charge is 0.382 e. The number of benzene rings is 1. The third-order valence-corrected chi connectivity index (χ3v) is 2.42. The summed E-state index contributed by atoms with van der Waals surface area (Å²) >= 11 is 0. The molecule has 0 aliphatic carbocycles. The van der Waals surface area contributed by atoms with Crippen LogP contribution in [-0.2, 0) is 6.54 Å². The minimum absolute atomic E-state index is 0.156. The van der Waals surface area contributed by atoms with Crippen molar-refractivity contribution in [1.82, 2.24) is 14.8 Å². The Morgan fingerprint density at radius 2 is 2.20 bits per heavy atom. The van der Waals surface area contributed by atoms with Crippen molar-refractivity contribution in [3.8, 4) is 6.07 Å². The molecule has 0 spiro atoms. The summed E-state index contributed by atoms with van der Waals surface area (Å²) in [7, 11) is 0. The molecule has 0 radical (unpaired) electrons. The molecule has 100 valence electrons. The van der Waals surface area contributed by atoms with Crippen LogP contribution in [0.2, 0.25) is 0 Å². The molecule has 20 heavy (non-hydrogen) atoms. The Balaban J connectivity index is 2.02. The Labute approximate surface area is 115 Å². The van der Waals surface area contributed by atoms with Gasteiger partial charge in [-0.15, -0.1) is 0 Å². The number of aromatic nitrogens is 3. The fourth-order valence-electron chi connectivity index (χ4n) is 1.45. The summed E-state index contributed by atoms with van der Waals surface area (Å²) in [5, 5.41) is 23.6. The first-order valence-electron chi connectivity index (χ1n) is 5.68. The highest BCUT2D eigenvalue weighted by molar-refractivity contribution is 6.45. The second-order valence-electron chi connectivity index (χ2n) is 3.89. The van der Waals surface area contributed by atoms with E-state index in [-0.39, 0.29) is 11.5 Å². The van der Waals surface area contributed by atoms with Gasteiger partial charge in [0.1, 0.15) is 18.7 Å². The normalized spacial score (nSPS) is 10.8. The van der Waals surface area contributed by atoms with E-state index >= 15 is 0 Å².